The lowest BCUT2D eigenvalue weighted by atomic mass is 10.0. The third-order valence-corrected chi connectivity index (χ3v) is 8.76. The van der Waals surface area contributed by atoms with E-state index in [-0.39, 0.29) is 23.8 Å². The predicted octanol–water partition coefficient (Wildman–Crippen LogP) is 2.75. The first-order valence-corrected chi connectivity index (χ1v) is 14.4. The molecule has 1 aromatic heterocycles. The number of nitrogens with one attached hydrogen (secondary N) is 1. The van der Waals surface area contributed by atoms with Crippen molar-refractivity contribution in [1.82, 2.24) is 24.9 Å². The van der Waals surface area contributed by atoms with Gasteiger partial charge in [-0.15, -0.1) is 0 Å². The fourth-order valence-corrected chi connectivity index (χ4v) is 6.41. The number of carbonyl (C=O) groups excluding carboxylic acids is 2. The van der Waals surface area contributed by atoms with E-state index in [4.69, 9.17) is 15.2 Å². The normalized spacial score (nSPS) is 23.0. The quantitative estimate of drug-likeness (QED) is 0.415. The molecule has 0 saturated carbocycles. The van der Waals surface area contributed by atoms with Gasteiger partial charge in [0, 0.05) is 39.3 Å². The van der Waals surface area contributed by atoms with Crippen molar-refractivity contribution in [2.75, 3.05) is 58.8 Å². The van der Waals surface area contributed by atoms with Crippen LogP contribution < -0.4 is 15.8 Å². The van der Waals surface area contributed by atoms with Crippen molar-refractivity contribution in [2.24, 2.45) is 17.8 Å². The molecule has 3 N–H and O–H groups in total. The Morgan fingerprint density at radius 2 is 1.80 bits per heavy atom. The maximum absolute atomic E-state index is 13.4. The van der Waals surface area contributed by atoms with Gasteiger partial charge < -0.3 is 30.3 Å². The number of methoxy groups -OCH3 is 1. The van der Waals surface area contributed by atoms with E-state index in [0.29, 0.717) is 49.5 Å². The number of likely N-dealkylation sites (tertiary alicyclic amines) is 2. The first kappa shape index (κ1) is 27.3. The highest BCUT2D eigenvalue weighted by Crippen LogP contribution is 2.33. The molecule has 3 saturated heterocycles. The molecule has 216 valence electrons. The molecule has 10 nitrogen and oxygen atoms in total. The third-order valence-electron chi connectivity index (χ3n) is 8.76. The van der Waals surface area contributed by atoms with Crippen LogP contribution in [0.25, 0.3) is 5.69 Å². The molecule has 3 aliphatic heterocycles. The average Bonchev–Trinajstić information content (AvgIpc) is 3.80. The minimum atomic E-state index is -0.0639. The molecule has 2 amide bonds. The predicted molar refractivity (Wildman–Crippen MR) is 155 cm³/mol. The molecule has 41 heavy (non-hydrogen) atoms. The highest BCUT2D eigenvalue weighted by atomic mass is 16.5. The highest BCUT2D eigenvalue weighted by molar-refractivity contribution is 5.98. The minimum Gasteiger partial charge on any atom is -0.497 e. The van der Waals surface area contributed by atoms with Crippen LogP contribution in [0.1, 0.15) is 34.8 Å². The lowest BCUT2D eigenvalue weighted by molar-refractivity contribution is -0.125. The number of fused-ring (bicyclic) bond motifs is 1. The Morgan fingerprint density at radius 3 is 2.46 bits per heavy atom. The summed E-state index contributed by atoms with van der Waals surface area (Å²) in [5, 5.41) is 7.68. The summed E-state index contributed by atoms with van der Waals surface area (Å²) < 4.78 is 12.2. The van der Waals surface area contributed by atoms with Gasteiger partial charge in [0.15, 0.2) is 0 Å². The van der Waals surface area contributed by atoms with Gasteiger partial charge in [0.25, 0.3) is 5.91 Å². The van der Waals surface area contributed by atoms with Crippen LogP contribution in [0.3, 0.4) is 0 Å². The molecule has 6 rings (SSSR count). The van der Waals surface area contributed by atoms with E-state index in [9.17, 15) is 9.59 Å². The topological polar surface area (TPSA) is 115 Å². The lowest BCUT2D eigenvalue weighted by Gasteiger charge is -2.25. The van der Waals surface area contributed by atoms with Gasteiger partial charge in [-0.1, -0.05) is 30.3 Å². The molecule has 0 radical (unpaired) electrons. The summed E-state index contributed by atoms with van der Waals surface area (Å²) in [4.78, 5) is 30.7. The zero-order valence-corrected chi connectivity index (χ0v) is 23.4. The van der Waals surface area contributed by atoms with Crippen LogP contribution >= 0.6 is 0 Å². The average molecular weight is 559 g/mol. The number of hydrogen-bond acceptors (Lipinski definition) is 7. The van der Waals surface area contributed by atoms with Gasteiger partial charge in [0.05, 0.1) is 37.6 Å². The summed E-state index contributed by atoms with van der Waals surface area (Å²) in [5.41, 5.74) is 8.72. The van der Waals surface area contributed by atoms with Crippen LogP contribution in [0.2, 0.25) is 0 Å². The fraction of sp³-hybridized carbons (Fsp3) is 0.452. The van der Waals surface area contributed by atoms with Gasteiger partial charge in [-0.05, 0) is 54.5 Å². The van der Waals surface area contributed by atoms with E-state index >= 15 is 0 Å². The SMILES string of the molecule is COc1ccc(-n2ncc(C(=O)N3CC4CN(CCC(NC(=O)C5CCOC5)c5ccccc5)C[C@H]4C3)c2N)cc1. The number of aromatic nitrogens is 2. The Bertz CT molecular complexity index is 1340. The number of rotatable bonds is 9. The number of hydrogen-bond donors (Lipinski definition) is 2. The van der Waals surface area contributed by atoms with Crippen LogP contribution in [0.4, 0.5) is 5.82 Å². The minimum absolute atomic E-state index is 0.0342. The zero-order valence-electron chi connectivity index (χ0n) is 23.4. The summed E-state index contributed by atoms with van der Waals surface area (Å²) in [5.74, 6) is 1.90. The Labute approximate surface area is 240 Å². The highest BCUT2D eigenvalue weighted by Gasteiger charge is 2.42. The smallest absolute Gasteiger partial charge is 0.259 e. The first-order chi connectivity index (χ1) is 20.0. The monoisotopic (exact) mass is 558 g/mol. The molecule has 3 aromatic rings. The van der Waals surface area contributed by atoms with Crippen LogP contribution in [-0.4, -0.2) is 84.4 Å². The summed E-state index contributed by atoms with van der Waals surface area (Å²) >= 11 is 0. The van der Waals surface area contributed by atoms with Crippen LogP contribution in [0.5, 0.6) is 5.75 Å². The van der Waals surface area contributed by atoms with Gasteiger partial charge in [-0.3, -0.25) is 9.59 Å². The molecular weight excluding hydrogens is 520 g/mol. The maximum Gasteiger partial charge on any atom is 0.259 e. The van der Waals surface area contributed by atoms with Gasteiger partial charge in [0.2, 0.25) is 5.91 Å². The molecule has 0 aliphatic carbocycles. The van der Waals surface area contributed by atoms with Crippen molar-refractivity contribution in [1.29, 1.82) is 0 Å². The zero-order chi connectivity index (χ0) is 28.3. The number of amides is 2. The molecule has 10 heteroatoms. The van der Waals surface area contributed by atoms with Crippen molar-refractivity contribution in [2.45, 2.75) is 18.9 Å². The Hall–Kier alpha value is -3.89. The first-order valence-electron chi connectivity index (χ1n) is 14.4. The molecule has 2 aromatic carbocycles. The largest absolute Gasteiger partial charge is 0.497 e. The van der Waals surface area contributed by atoms with E-state index in [2.05, 4.69) is 27.4 Å². The van der Waals surface area contributed by atoms with Gasteiger partial charge >= 0.3 is 0 Å². The van der Waals surface area contributed by atoms with Crippen molar-refractivity contribution < 1.29 is 19.1 Å². The van der Waals surface area contributed by atoms with E-state index in [1.165, 1.54) is 0 Å². The second-order valence-corrected chi connectivity index (χ2v) is 11.4. The summed E-state index contributed by atoms with van der Waals surface area (Å²) in [6, 6.07) is 17.6. The Morgan fingerprint density at radius 1 is 1.07 bits per heavy atom. The van der Waals surface area contributed by atoms with Crippen molar-refractivity contribution >= 4 is 17.6 Å². The van der Waals surface area contributed by atoms with E-state index in [0.717, 1.165) is 49.5 Å². The fourth-order valence-electron chi connectivity index (χ4n) is 6.41. The number of nitrogens with two attached hydrogens (primary N) is 1. The van der Waals surface area contributed by atoms with Gasteiger partial charge in [0.1, 0.15) is 17.1 Å². The summed E-state index contributed by atoms with van der Waals surface area (Å²) in [6.07, 6.45) is 3.19. The number of anilines is 1. The van der Waals surface area contributed by atoms with Crippen molar-refractivity contribution in [3.8, 4) is 11.4 Å². The second kappa shape index (κ2) is 11.9. The second-order valence-electron chi connectivity index (χ2n) is 11.4. The molecule has 0 spiro atoms. The lowest BCUT2D eigenvalue weighted by Crippen LogP contribution is -2.37. The maximum atomic E-state index is 13.4. The standard InChI is InChI=1S/C31H38N6O4/c1-40-26-9-7-25(8-10-26)37-29(32)27(15-33-37)31(39)36-18-23-16-35(17-24(23)19-36)13-11-28(21-5-3-2-4-6-21)34-30(38)22-12-14-41-20-22/h2-10,15,22-24,28H,11-14,16-20,32H2,1H3,(H,34,38)/t22?,23-,24?,28?/m0/s1. The summed E-state index contributed by atoms with van der Waals surface area (Å²) in [6.45, 7) is 5.38. The van der Waals surface area contributed by atoms with Crippen LogP contribution in [0.15, 0.2) is 60.8 Å². The van der Waals surface area contributed by atoms with Crippen molar-refractivity contribution in [3.05, 3.63) is 71.9 Å². The van der Waals surface area contributed by atoms with E-state index in [1.807, 2.05) is 47.4 Å². The molecule has 4 heterocycles. The van der Waals surface area contributed by atoms with Gasteiger partial charge in [-0.25, -0.2) is 4.68 Å². The van der Waals surface area contributed by atoms with Crippen LogP contribution in [0, 0.1) is 17.8 Å². The van der Waals surface area contributed by atoms with Crippen LogP contribution in [-0.2, 0) is 9.53 Å². The Balaban J connectivity index is 1.04. The Kier molecular flexibility index (Phi) is 7.93. The molecule has 0 bridgehead atoms. The molecule has 3 fully saturated rings. The summed E-state index contributed by atoms with van der Waals surface area (Å²) in [7, 11) is 1.62. The molecular formula is C31H38N6O4. The number of carbonyl (C=O) groups is 2. The number of ether oxygens (including phenoxy) is 2. The molecule has 4 atom stereocenters. The molecule has 3 unspecified atom stereocenters. The van der Waals surface area contributed by atoms with Crippen molar-refractivity contribution in [3.63, 3.8) is 0 Å². The van der Waals surface area contributed by atoms with Gasteiger partial charge in [-0.2, -0.15) is 5.10 Å². The van der Waals surface area contributed by atoms with E-state index in [1.54, 1.807) is 18.0 Å². The number of benzene rings is 2. The number of nitrogen functional groups attached to an aromatic ring is 1. The third kappa shape index (κ3) is 5.80. The number of nitrogens with zero attached hydrogens (tertiary/aromatic N) is 4. The van der Waals surface area contributed by atoms with E-state index < -0.39 is 0 Å². The molecule has 3 aliphatic rings.